The minimum atomic E-state index is 0.0177. The van der Waals surface area contributed by atoms with E-state index < -0.39 is 0 Å². The van der Waals surface area contributed by atoms with Gasteiger partial charge in [-0.1, -0.05) is 42.0 Å². The molecule has 0 spiro atoms. The van der Waals surface area contributed by atoms with Gasteiger partial charge in [-0.25, -0.2) is 4.98 Å². The van der Waals surface area contributed by atoms with E-state index in [1.54, 1.807) is 13.3 Å². The predicted molar refractivity (Wildman–Crippen MR) is 122 cm³/mol. The first-order valence-corrected chi connectivity index (χ1v) is 10.3. The summed E-state index contributed by atoms with van der Waals surface area (Å²) in [7, 11) is 1.67. The summed E-state index contributed by atoms with van der Waals surface area (Å²) < 4.78 is 5.17. The third-order valence-corrected chi connectivity index (χ3v) is 4.92. The topological polar surface area (TPSA) is 63.2 Å². The van der Waals surface area contributed by atoms with Crippen molar-refractivity contribution in [2.75, 3.05) is 24.3 Å². The van der Waals surface area contributed by atoms with Crippen LogP contribution in [0.5, 0.6) is 5.75 Å². The molecule has 3 aromatic rings. The molecule has 0 fully saturated rings. The second-order valence-corrected chi connectivity index (χ2v) is 7.34. The van der Waals surface area contributed by atoms with Crippen LogP contribution < -0.4 is 15.4 Å². The third-order valence-electron chi connectivity index (χ3n) is 4.92. The zero-order valence-corrected chi connectivity index (χ0v) is 17.7. The van der Waals surface area contributed by atoms with Crippen LogP contribution in [0.1, 0.15) is 29.5 Å². The quantitative estimate of drug-likeness (QED) is 0.499. The first-order chi connectivity index (χ1) is 14.6. The number of carbonyl (C=O) groups excluding carboxylic acids is 1. The summed E-state index contributed by atoms with van der Waals surface area (Å²) in [5.74, 6) is 1.67. The van der Waals surface area contributed by atoms with Gasteiger partial charge in [0.2, 0.25) is 5.91 Å². The van der Waals surface area contributed by atoms with Crippen molar-refractivity contribution in [2.45, 2.75) is 32.6 Å². The summed E-state index contributed by atoms with van der Waals surface area (Å²) in [5, 5.41) is 6.22. The molecule has 0 unspecified atom stereocenters. The van der Waals surface area contributed by atoms with Crippen molar-refractivity contribution in [2.24, 2.45) is 0 Å². The Morgan fingerprint density at radius 1 is 0.933 bits per heavy atom. The lowest BCUT2D eigenvalue weighted by atomic mass is 10.1. The van der Waals surface area contributed by atoms with Gasteiger partial charge in [-0.2, -0.15) is 0 Å². The summed E-state index contributed by atoms with van der Waals surface area (Å²) >= 11 is 0. The van der Waals surface area contributed by atoms with Gasteiger partial charge < -0.3 is 15.4 Å². The number of carbonyl (C=O) groups is 1. The number of anilines is 2. The minimum Gasteiger partial charge on any atom is -0.497 e. The molecule has 2 aromatic carbocycles. The van der Waals surface area contributed by atoms with Crippen LogP contribution in [-0.2, 0) is 17.6 Å². The fourth-order valence-electron chi connectivity index (χ4n) is 3.13. The average molecular weight is 404 g/mol. The van der Waals surface area contributed by atoms with E-state index in [1.165, 1.54) is 16.7 Å². The molecule has 0 bridgehead atoms. The average Bonchev–Trinajstić information content (AvgIpc) is 2.77. The van der Waals surface area contributed by atoms with E-state index in [9.17, 15) is 4.79 Å². The second-order valence-electron chi connectivity index (χ2n) is 7.34. The second kappa shape index (κ2) is 11.0. The molecule has 0 aliphatic carbocycles. The molecular weight excluding hydrogens is 374 g/mol. The lowest BCUT2D eigenvalue weighted by Crippen LogP contribution is -2.12. The molecule has 0 atom stereocenters. The smallest absolute Gasteiger partial charge is 0.224 e. The Morgan fingerprint density at radius 3 is 2.30 bits per heavy atom. The molecule has 5 heteroatoms. The van der Waals surface area contributed by atoms with Gasteiger partial charge in [-0.3, -0.25) is 4.79 Å². The highest BCUT2D eigenvalue weighted by molar-refractivity contribution is 5.90. The summed E-state index contributed by atoms with van der Waals surface area (Å²) in [6.45, 7) is 2.86. The third kappa shape index (κ3) is 6.92. The lowest BCUT2D eigenvalue weighted by Gasteiger charge is -2.08. The van der Waals surface area contributed by atoms with E-state index in [2.05, 4.69) is 58.9 Å². The van der Waals surface area contributed by atoms with Crippen molar-refractivity contribution >= 4 is 17.4 Å². The summed E-state index contributed by atoms with van der Waals surface area (Å²) in [6, 6.07) is 20.3. The summed E-state index contributed by atoms with van der Waals surface area (Å²) in [5.41, 5.74) is 4.47. The normalized spacial score (nSPS) is 10.5. The highest BCUT2D eigenvalue weighted by atomic mass is 16.5. The number of amides is 1. The van der Waals surface area contributed by atoms with Crippen molar-refractivity contribution in [3.05, 3.63) is 83.6 Å². The predicted octanol–water partition coefficient (Wildman–Crippen LogP) is 5.01. The number of nitrogens with zero attached hydrogens (tertiary/aromatic N) is 1. The van der Waals surface area contributed by atoms with Crippen LogP contribution in [0, 0.1) is 6.92 Å². The maximum Gasteiger partial charge on any atom is 0.224 e. The molecule has 1 heterocycles. The first-order valence-electron chi connectivity index (χ1n) is 10.3. The van der Waals surface area contributed by atoms with Gasteiger partial charge >= 0.3 is 0 Å². The number of methoxy groups -OCH3 is 1. The van der Waals surface area contributed by atoms with Crippen LogP contribution in [0.3, 0.4) is 0 Å². The van der Waals surface area contributed by atoms with E-state index in [4.69, 9.17) is 4.74 Å². The molecule has 0 aliphatic rings. The molecule has 30 heavy (non-hydrogen) atoms. The number of hydrogen-bond donors (Lipinski definition) is 2. The lowest BCUT2D eigenvalue weighted by molar-refractivity contribution is -0.116. The van der Waals surface area contributed by atoms with Crippen LogP contribution >= 0.6 is 0 Å². The largest absolute Gasteiger partial charge is 0.497 e. The Balaban J connectivity index is 1.36. The molecule has 5 nitrogen and oxygen atoms in total. The van der Waals surface area contributed by atoms with Gasteiger partial charge in [-0.15, -0.1) is 0 Å². The van der Waals surface area contributed by atoms with Gasteiger partial charge in [0, 0.05) is 13.0 Å². The molecule has 1 aromatic heterocycles. The molecule has 156 valence electrons. The maximum absolute atomic E-state index is 12.2. The molecular formula is C25H29N3O2. The molecule has 3 rings (SSSR count). The maximum atomic E-state index is 12.2. The van der Waals surface area contributed by atoms with Crippen LogP contribution in [0.25, 0.3) is 0 Å². The fourth-order valence-corrected chi connectivity index (χ4v) is 3.13. The van der Waals surface area contributed by atoms with Gasteiger partial charge in [-0.05, 0) is 61.6 Å². The van der Waals surface area contributed by atoms with Crippen LogP contribution in [0.4, 0.5) is 11.5 Å². The molecule has 1 amide bonds. The zero-order valence-electron chi connectivity index (χ0n) is 17.7. The number of pyridine rings is 1. The van der Waals surface area contributed by atoms with Crippen molar-refractivity contribution in [3.8, 4) is 5.75 Å². The van der Waals surface area contributed by atoms with Gasteiger partial charge in [0.25, 0.3) is 0 Å². The van der Waals surface area contributed by atoms with Gasteiger partial charge in [0.05, 0.1) is 19.0 Å². The minimum absolute atomic E-state index is 0.0177. The van der Waals surface area contributed by atoms with Crippen LogP contribution in [-0.4, -0.2) is 24.5 Å². The van der Waals surface area contributed by atoms with Crippen LogP contribution in [0.15, 0.2) is 66.9 Å². The molecule has 0 saturated heterocycles. The number of aromatic nitrogens is 1. The Kier molecular flexibility index (Phi) is 7.84. The molecule has 0 aliphatic heterocycles. The number of aryl methyl sites for hydroxylation is 2. The van der Waals surface area contributed by atoms with Crippen molar-refractivity contribution < 1.29 is 9.53 Å². The number of rotatable bonds is 10. The van der Waals surface area contributed by atoms with Crippen molar-refractivity contribution in [3.63, 3.8) is 0 Å². The zero-order chi connectivity index (χ0) is 21.2. The first kappa shape index (κ1) is 21.4. The highest BCUT2D eigenvalue weighted by Gasteiger charge is 2.04. The van der Waals surface area contributed by atoms with Crippen molar-refractivity contribution in [1.29, 1.82) is 0 Å². The standard InChI is InChI=1S/C25H29N3O2/c1-19-6-8-20(9-7-19)4-3-5-25(29)28-22-12-15-24(27-18-22)26-17-16-21-10-13-23(30-2)14-11-21/h6-15,18H,3-5,16-17H2,1-2H3,(H,26,27)(H,28,29). The monoisotopic (exact) mass is 403 g/mol. The number of benzene rings is 2. The molecule has 0 saturated carbocycles. The van der Waals surface area contributed by atoms with E-state index in [0.29, 0.717) is 6.42 Å². The Hall–Kier alpha value is -3.34. The Labute approximate surface area is 178 Å². The van der Waals surface area contributed by atoms with Crippen molar-refractivity contribution in [1.82, 2.24) is 4.98 Å². The highest BCUT2D eigenvalue weighted by Crippen LogP contribution is 2.14. The summed E-state index contributed by atoms with van der Waals surface area (Å²) in [4.78, 5) is 16.5. The van der Waals surface area contributed by atoms with Gasteiger partial charge in [0.15, 0.2) is 0 Å². The summed E-state index contributed by atoms with van der Waals surface area (Å²) in [6.07, 6.45) is 4.81. The number of nitrogens with one attached hydrogen (secondary N) is 2. The number of hydrogen-bond acceptors (Lipinski definition) is 4. The molecule has 2 N–H and O–H groups in total. The number of ether oxygens (including phenoxy) is 1. The fraction of sp³-hybridized carbons (Fsp3) is 0.280. The SMILES string of the molecule is COc1ccc(CCNc2ccc(NC(=O)CCCc3ccc(C)cc3)cn2)cc1. The van der Waals surface area contributed by atoms with E-state index in [-0.39, 0.29) is 5.91 Å². The van der Waals surface area contributed by atoms with E-state index in [0.717, 1.165) is 43.1 Å². The van der Waals surface area contributed by atoms with Gasteiger partial charge in [0.1, 0.15) is 11.6 Å². The molecule has 0 radical (unpaired) electrons. The van der Waals surface area contributed by atoms with Crippen LogP contribution in [0.2, 0.25) is 0 Å². The Bertz CT molecular complexity index is 920. The van der Waals surface area contributed by atoms with E-state index >= 15 is 0 Å². The Morgan fingerprint density at radius 2 is 1.63 bits per heavy atom. The van der Waals surface area contributed by atoms with E-state index in [1.807, 2.05) is 24.3 Å².